The predicted molar refractivity (Wildman–Crippen MR) is 50.1 cm³/mol. The van der Waals surface area contributed by atoms with Crippen molar-refractivity contribution in [2.24, 2.45) is 0 Å². The van der Waals surface area contributed by atoms with Gasteiger partial charge in [0.25, 0.3) is 0 Å². The summed E-state index contributed by atoms with van der Waals surface area (Å²) in [6, 6.07) is 4.35. The zero-order chi connectivity index (χ0) is 9.10. The number of hydrogen-bond donors (Lipinski definition) is 2. The molecule has 0 bridgehead atoms. The van der Waals surface area contributed by atoms with Crippen molar-refractivity contribution >= 4 is 0 Å². The summed E-state index contributed by atoms with van der Waals surface area (Å²) in [5, 5.41) is 12.2. The fourth-order valence-electron chi connectivity index (χ4n) is 1.67. The highest BCUT2D eigenvalue weighted by Gasteiger charge is 2.16. The Labute approximate surface area is 77.8 Å². The van der Waals surface area contributed by atoms with Crippen LogP contribution in [0.5, 0.6) is 0 Å². The first kappa shape index (κ1) is 8.66. The van der Waals surface area contributed by atoms with E-state index in [0.717, 1.165) is 17.8 Å². The zero-order valence-corrected chi connectivity index (χ0v) is 7.53. The highest BCUT2D eigenvalue weighted by molar-refractivity contribution is 5.16. The molecule has 0 radical (unpaired) electrons. The van der Waals surface area contributed by atoms with Crippen molar-refractivity contribution in [2.45, 2.75) is 25.5 Å². The summed E-state index contributed by atoms with van der Waals surface area (Å²) in [4.78, 5) is 4.31. The van der Waals surface area contributed by atoms with E-state index in [4.69, 9.17) is 5.11 Å². The van der Waals surface area contributed by atoms with Gasteiger partial charge in [0, 0.05) is 12.2 Å². The molecule has 2 heterocycles. The molecular formula is C10H14N2O. The Morgan fingerprint density at radius 1 is 1.54 bits per heavy atom. The van der Waals surface area contributed by atoms with Crippen LogP contribution < -0.4 is 5.32 Å². The molecule has 0 amide bonds. The van der Waals surface area contributed by atoms with Crippen LogP contribution in [0.15, 0.2) is 18.3 Å². The van der Waals surface area contributed by atoms with Gasteiger partial charge in [0.05, 0.1) is 12.3 Å². The van der Waals surface area contributed by atoms with Crippen molar-refractivity contribution in [3.8, 4) is 0 Å². The molecule has 1 aromatic rings. The first-order valence-corrected chi connectivity index (χ1v) is 4.69. The average molecular weight is 178 g/mol. The van der Waals surface area contributed by atoms with Gasteiger partial charge in [0.15, 0.2) is 0 Å². The molecule has 0 unspecified atom stereocenters. The van der Waals surface area contributed by atoms with Gasteiger partial charge < -0.3 is 10.4 Å². The van der Waals surface area contributed by atoms with E-state index in [1.807, 2.05) is 12.1 Å². The van der Waals surface area contributed by atoms with Gasteiger partial charge in [-0.15, -0.1) is 0 Å². The van der Waals surface area contributed by atoms with Crippen molar-refractivity contribution in [1.82, 2.24) is 10.3 Å². The molecule has 0 aromatic carbocycles. The van der Waals surface area contributed by atoms with E-state index in [9.17, 15) is 0 Å². The average Bonchev–Trinajstić information content (AvgIpc) is 2.71. The third-order valence-corrected chi connectivity index (χ3v) is 2.45. The maximum Gasteiger partial charge on any atom is 0.0696 e. The van der Waals surface area contributed by atoms with E-state index >= 15 is 0 Å². The second-order valence-corrected chi connectivity index (χ2v) is 3.40. The minimum Gasteiger partial charge on any atom is -0.392 e. The molecule has 2 N–H and O–H groups in total. The van der Waals surface area contributed by atoms with Gasteiger partial charge in [-0.1, -0.05) is 6.07 Å². The lowest BCUT2D eigenvalue weighted by Crippen LogP contribution is -2.14. The molecule has 1 aliphatic rings. The van der Waals surface area contributed by atoms with Crippen LogP contribution in [0.4, 0.5) is 0 Å². The third kappa shape index (κ3) is 1.87. The monoisotopic (exact) mass is 178 g/mol. The van der Waals surface area contributed by atoms with Crippen LogP contribution in [-0.4, -0.2) is 16.6 Å². The number of aliphatic hydroxyl groups is 1. The van der Waals surface area contributed by atoms with Gasteiger partial charge in [0.1, 0.15) is 0 Å². The molecule has 1 aliphatic heterocycles. The Hall–Kier alpha value is -0.930. The van der Waals surface area contributed by atoms with E-state index < -0.39 is 0 Å². The Balaban J connectivity index is 2.12. The summed E-state index contributed by atoms with van der Waals surface area (Å²) in [6.45, 7) is 1.17. The van der Waals surface area contributed by atoms with Gasteiger partial charge in [-0.2, -0.15) is 0 Å². The number of nitrogens with zero attached hydrogens (tertiary/aromatic N) is 1. The second kappa shape index (κ2) is 3.85. The van der Waals surface area contributed by atoms with Gasteiger partial charge in [-0.05, 0) is 31.0 Å². The number of aliphatic hydroxyl groups excluding tert-OH is 1. The van der Waals surface area contributed by atoms with Crippen molar-refractivity contribution in [1.29, 1.82) is 0 Å². The van der Waals surface area contributed by atoms with Crippen molar-refractivity contribution < 1.29 is 5.11 Å². The molecule has 1 fully saturated rings. The standard InChI is InChI=1S/C10H14N2O/c13-7-8-3-4-10(12-6-8)9-2-1-5-11-9/h3-4,6,9,11,13H,1-2,5,7H2/t9-/m0/s1. The molecule has 1 aromatic heterocycles. The minimum absolute atomic E-state index is 0.0748. The normalized spacial score (nSPS) is 22.1. The van der Waals surface area contributed by atoms with Crippen LogP contribution in [0.25, 0.3) is 0 Å². The molecule has 1 atom stereocenters. The fraction of sp³-hybridized carbons (Fsp3) is 0.500. The molecule has 0 spiro atoms. The van der Waals surface area contributed by atoms with Gasteiger partial charge in [-0.3, -0.25) is 4.98 Å². The Morgan fingerprint density at radius 3 is 3.00 bits per heavy atom. The SMILES string of the molecule is OCc1ccc([C@@H]2CCCN2)nc1. The Kier molecular flexibility index (Phi) is 2.57. The number of rotatable bonds is 2. The van der Waals surface area contributed by atoms with Crippen LogP contribution in [0.2, 0.25) is 0 Å². The van der Waals surface area contributed by atoms with Crippen molar-refractivity contribution in [3.05, 3.63) is 29.6 Å². The zero-order valence-electron chi connectivity index (χ0n) is 7.53. The molecule has 3 nitrogen and oxygen atoms in total. The van der Waals surface area contributed by atoms with Gasteiger partial charge >= 0.3 is 0 Å². The number of aromatic nitrogens is 1. The quantitative estimate of drug-likeness (QED) is 0.710. The second-order valence-electron chi connectivity index (χ2n) is 3.40. The predicted octanol–water partition coefficient (Wildman–Crippen LogP) is 0.998. The Bertz CT molecular complexity index is 265. The van der Waals surface area contributed by atoms with Crippen LogP contribution in [0.1, 0.15) is 30.1 Å². The smallest absolute Gasteiger partial charge is 0.0696 e. The van der Waals surface area contributed by atoms with Crippen LogP contribution in [0, 0.1) is 0 Å². The summed E-state index contributed by atoms with van der Waals surface area (Å²) in [5.41, 5.74) is 1.97. The molecule has 70 valence electrons. The van der Waals surface area contributed by atoms with Gasteiger partial charge in [-0.25, -0.2) is 0 Å². The van der Waals surface area contributed by atoms with E-state index in [1.54, 1.807) is 6.20 Å². The summed E-state index contributed by atoms with van der Waals surface area (Å²) in [6.07, 6.45) is 4.15. The highest BCUT2D eigenvalue weighted by atomic mass is 16.3. The first-order chi connectivity index (χ1) is 6.40. The minimum atomic E-state index is 0.0748. The van der Waals surface area contributed by atoms with Crippen LogP contribution >= 0.6 is 0 Å². The molecule has 3 heteroatoms. The summed E-state index contributed by atoms with van der Waals surface area (Å²) in [5.74, 6) is 0. The highest BCUT2D eigenvalue weighted by Crippen LogP contribution is 2.20. The maximum atomic E-state index is 8.84. The van der Waals surface area contributed by atoms with E-state index in [0.29, 0.717) is 6.04 Å². The largest absolute Gasteiger partial charge is 0.392 e. The lowest BCUT2D eigenvalue weighted by atomic mass is 10.1. The summed E-state index contributed by atoms with van der Waals surface area (Å²) >= 11 is 0. The molecular weight excluding hydrogens is 164 g/mol. The number of pyridine rings is 1. The third-order valence-electron chi connectivity index (χ3n) is 2.45. The van der Waals surface area contributed by atoms with Crippen molar-refractivity contribution in [3.63, 3.8) is 0 Å². The van der Waals surface area contributed by atoms with E-state index in [-0.39, 0.29) is 6.61 Å². The molecule has 0 aliphatic carbocycles. The van der Waals surface area contributed by atoms with Crippen molar-refractivity contribution in [2.75, 3.05) is 6.54 Å². The van der Waals surface area contributed by atoms with Crippen LogP contribution in [-0.2, 0) is 6.61 Å². The number of hydrogen-bond acceptors (Lipinski definition) is 3. The summed E-state index contributed by atoms with van der Waals surface area (Å²) in [7, 11) is 0. The molecule has 0 saturated carbocycles. The topological polar surface area (TPSA) is 45.1 Å². The molecule has 13 heavy (non-hydrogen) atoms. The van der Waals surface area contributed by atoms with E-state index in [2.05, 4.69) is 10.3 Å². The molecule has 1 saturated heterocycles. The van der Waals surface area contributed by atoms with Crippen LogP contribution in [0.3, 0.4) is 0 Å². The van der Waals surface area contributed by atoms with E-state index in [1.165, 1.54) is 12.8 Å². The lowest BCUT2D eigenvalue weighted by Gasteiger charge is -2.09. The summed E-state index contributed by atoms with van der Waals surface area (Å²) < 4.78 is 0. The molecule has 2 rings (SSSR count). The van der Waals surface area contributed by atoms with Gasteiger partial charge in [0.2, 0.25) is 0 Å². The fourth-order valence-corrected chi connectivity index (χ4v) is 1.67. The number of nitrogens with one attached hydrogen (secondary N) is 1. The maximum absolute atomic E-state index is 8.84. The Morgan fingerprint density at radius 2 is 2.46 bits per heavy atom. The first-order valence-electron chi connectivity index (χ1n) is 4.69. The lowest BCUT2D eigenvalue weighted by molar-refractivity contribution is 0.281.